The van der Waals surface area contributed by atoms with Crippen molar-refractivity contribution in [3.05, 3.63) is 65.5 Å². The lowest BCUT2D eigenvalue weighted by atomic mass is 9.74. The molecule has 1 aromatic carbocycles. The minimum Gasteiger partial charge on any atom is -0.323 e. The lowest BCUT2D eigenvalue weighted by Crippen LogP contribution is -2.23. The van der Waals surface area contributed by atoms with Gasteiger partial charge in [-0.15, -0.1) is 0 Å². The summed E-state index contributed by atoms with van der Waals surface area (Å²) in [5.74, 6) is 0.614. The fraction of sp³-hybridized carbons (Fsp3) is 0.267. The summed E-state index contributed by atoms with van der Waals surface area (Å²) in [7, 11) is 0. The number of hydrogen-bond acceptors (Lipinski definition) is 2. The highest BCUT2D eigenvalue weighted by Crippen LogP contribution is 2.39. The summed E-state index contributed by atoms with van der Waals surface area (Å²) in [6.07, 6.45) is 3.97. The molecule has 0 amide bonds. The topological polar surface area (TPSA) is 38.9 Å². The molecule has 1 aromatic heterocycles. The van der Waals surface area contributed by atoms with Crippen molar-refractivity contribution in [1.82, 2.24) is 4.98 Å². The van der Waals surface area contributed by atoms with E-state index in [0.717, 1.165) is 18.5 Å². The van der Waals surface area contributed by atoms with Gasteiger partial charge in [0.05, 0.1) is 5.69 Å². The molecule has 0 saturated carbocycles. The molecule has 1 aliphatic carbocycles. The van der Waals surface area contributed by atoms with Crippen LogP contribution in [0.2, 0.25) is 0 Å². The lowest BCUT2D eigenvalue weighted by molar-refractivity contribution is 0.492. The zero-order valence-electron chi connectivity index (χ0n) is 9.71. The highest BCUT2D eigenvalue weighted by Gasteiger charge is 2.27. The van der Waals surface area contributed by atoms with Crippen molar-refractivity contribution in [3.63, 3.8) is 0 Å². The van der Waals surface area contributed by atoms with Crippen LogP contribution in [0.15, 0.2) is 48.7 Å². The second kappa shape index (κ2) is 4.30. The zero-order valence-corrected chi connectivity index (χ0v) is 9.71. The average Bonchev–Trinajstić information content (AvgIpc) is 2.37. The minimum absolute atomic E-state index is 0.0505. The predicted molar refractivity (Wildman–Crippen MR) is 68.7 cm³/mol. The Bertz CT molecular complexity index is 507. The number of pyridine rings is 1. The first kappa shape index (κ1) is 10.5. The van der Waals surface area contributed by atoms with Gasteiger partial charge in [0, 0.05) is 12.2 Å². The van der Waals surface area contributed by atoms with E-state index >= 15 is 0 Å². The van der Waals surface area contributed by atoms with E-state index in [9.17, 15) is 0 Å². The highest BCUT2D eigenvalue weighted by atomic mass is 14.8. The first-order chi connectivity index (χ1) is 8.34. The van der Waals surface area contributed by atoms with Crippen molar-refractivity contribution in [2.24, 2.45) is 5.73 Å². The van der Waals surface area contributed by atoms with Crippen LogP contribution in [0.1, 0.15) is 35.2 Å². The van der Waals surface area contributed by atoms with Gasteiger partial charge in [0.2, 0.25) is 0 Å². The third-order valence-corrected chi connectivity index (χ3v) is 3.57. The van der Waals surface area contributed by atoms with E-state index in [4.69, 9.17) is 5.73 Å². The molecule has 2 heteroatoms. The third kappa shape index (κ3) is 1.96. The van der Waals surface area contributed by atoms with Crippen LogP contribution in [0.3, 0.4) is 0 Å². The van der Waals surface area contributed by atoms with Gasteiger partial charge in [-0.2, -0.15) is 0 Å². The van der Waals surface area contributed by atoms with Crippen molar-refractivity contribution in [2.45, 2.75) is 24.8 Å². The average molecular weight is 224 g/mol. The fourth-order valence-corrected chi connectivity index (χ4v) is 2.60. The van der Waals surface area contributed by atoms with Crippen LogP contribution in [0, 0.1) is 0 Å². The van der Waals surface area contributed by atoms with E-state index in [1.54, 1.807) is 0 Å². The highest BCUT2D eigenvalue weighted by molar-refractivity contribution is 5.40. The second-order valence-corrected chi connectivity index (χ2v) is 4.70. The molecule has 1 heterocycles. The number of aromatic nitrogens is 1. The monoisotopic (exact) mass is 224 g/mol. The van der Waals surface area contributed by atoms with Gasteiger partial charge in [-0.3, -0.25) is 4.98 Å². The van der Waals surface area contributed by atoms with Crippen LogP contribution in [0.25, 0.3) is 0 Å². The van der Waals surface area contributed by atoms with Gasteiger partial charge in [-0.05, 0) is 42.0 Å². The molecule has 0 aliphatic heterocycles. The lowest BCUT2D eigenvalue weighted by Gasteiger charge is -2.31. The SMILES string of the molecule is NC(CC1Cc2ccccc21)c1ccccn1. The molecule has 2 nitrogen and oxygen atoms in total. The molecule has 1 aliphatic rings. The van der Waals surface area contributed by atoms with Crippen molar-refractivity contribution in [1.29, 1.82) is 0 Å². The molecule has 2 N–H and O–H groups in total. The number of nitrogens with two attached hydrogens (primary N) is 1. The summed E-state index contributed by atoms with van der Waals surface area (Å²) >= 11 is 0. The Morgan fingerprint density at radius 3 is 2.76 bits per heavy atom. The van der Waals surface area contributed by atoms with Crippen LogP contribution in [0.5, 0.6) is 0 Å². The smallest absolute Gasteiger partial charge is 0.0571 e. The van der Waals surface area contributed by atoms with Crippen LogP contribution < -0.4 is 5.73 Å². The number of hydrogen-bond donors (Lipinski definition) is 1. The summed E-state index contributed by atoms with van der Waals surface area (Å²) < 4.78 is 0. The summed E-state index contributed by atoms with van der Waals surface area (Å²) in [6.45, 7) is 0. The van der Waals surface area contributed by atoms with Gasteiger partial charge in [0.1, 0.15) is 0 Å². The van der Waals surface area contributed by atoms with Crippen molar-refractivity contribution in [2.75, 3.05) is 0 Å². The fourth-order valence-electron chi connectivity index (χ4n) is 2.60. The molecule has 2 atom stereocenters. The summed E-state index contributed by atoms with van der Waals surface area (Å²) in [5, 5.41) is 0. The minimum atomic E-state index is 0.0505. The quantitative estimate of drug-likeness (QED) is 0.870. The van der Waals surface area contributed by atoms with E-state index in [1.807, 2.05) is 24.4 Å². The van der Waals surface area contributed by atoms with Gasteiger partial charge in [0.25, 0.3) is 0 Å². The molecule has 0 fully saturated rings. The molecule has 0 bridgehead atoms. The predicted octanol–water partition coefficient (Wildman–Crippen LogP) is 2.81. The molecule has 2 aromatic rings. The summed E-state index contributed by atoms with van der Waals surface area (Å²) in [4.78, 5) is 4.32. The van der Waals surface area contributed by atoms with Crippen LogP contribution >= 0.6 is 0 Å². The van der Waals surface area contributed by atoms with E-state index < -0.39 is 0 Å². The van der Waals surface area contributed by atoms with Gasteiger partial charge < -0.3 is 5.73 Å². The molecular weight excluding hydrogens is 208 g/mol. The van der Waals surface area contributed by atoms with Gasteiger partial charge in [-0.1, -0.05) is 30.3 Å². The number of benzene rings is 1. The number of rotatable bonds is 3. The van der Waals surface area contributed by atoms with Gasteiger partial charge in [-0.25, -0.2) is 0 Å². The Kier molecular flexibility index (Phi) is 2.65. The van der Waals surface area contributed by atoms with Crippen molar-refractivity contribution < 1.29 is 0 Å². The molecule has 0 spiro atoms. The van der Waals surface area contributed by atoms with Crippen molar-refractivity contribution >= 4 is 0 Å². The van der Waals surface area contributed by atoms with Crippen LogP contribution in [0.4, 0.5) is 0 Å². The van der Waals surface area contributed by atoms with Gasteiger partial charge in [0.15, 0.2) is 0 Å². The standard InChI is InChI=1S/C15H16N2/c16-14(15-7-3-4-8-17-15)10-12-9-11-5-1-2-6-13(11)12/h1-8,12,14H,9-10,16H2. The normalized spacial score (nSPS) is 19.2. The Morgan fingerprint density at radius 2 is 2.00 bits per heavy atom. The molecule has 3 rings (SSSR count). The number of fused-ring (bicyclic) bond motifs is 1. The van der Waals surface area contributed by atoms with Gasteiger partial charge >= 0.3 is 0 Å². The van der Waals surface area contributed by atoms with E-state index in [-0.39, 0.29) is 6.04 Å². The van der Waals surface area contributed by atoms with E-state index in [0.29, 0.717) is 5.92 Å². The maximum atomic E-state index is 6.20. The summed E-state index contributed by atoms with van der Waals surface area (Å²) in [6, 6.07) is 14.6. The maximum Gasteiger partial charge on any atom is 0.0571 e. The molecule has 0 saturated heterocycles. The first-order valence-corrected chi connectivity index (χ1v) is 6.09. The zero-order chi connectivity index (χ0) is 11.7. The Balaban J connectivity index is 1.70. The largest absolute Gasteiger partial charge is 0.323 e. The first-order valence-electron chi connectivity index (χ1n) is 6.09. The Morgan fingerprint density at radius 1 is 1.18 bits per heavy atom. The van der Waals surface area contributed by atoms with E-state index in [2.05, 4.69) is 29.2 Å². The summed E-state index contributed by atoms with van der Waals surface area (Å²) in [5.41, 5.74) is 10.1. The molecular formula is C15H16N2. The van der Waals surface area contributed by atoms with Crippen LogP contribution in [-0.2, 0) is 6.42 Å². The van der Waals surface area contributed by atoms with Crippen LogP contribution in [-0.4, -0.2) is 4.98 Å². The second-order valence-electron chi connectivity index (χ2n) is 4.70. The third-order valence-electron chi connectivity index (χ3n) is 3.57. The molecule has 17 heavy (non-hydrogen) atoms. The van der Waals surface area contributed by atoms with Crippen molar-refractivity contribution in [3.8, 4) is 0 Å². The Hall–Kier alpha value is -1.67. The molecule has 2 unspecified atom stereocenters. The maximum absolute atomic E-state index is 6.20. The Labute approximate surface area is 102 Å². The molecule has 0 radical (unpaired) electrons. The number of nitrogens with zero attached hydrogens (tertiary/aromatic N) is 1. The van der Waals surface area contributed by atoms with E-state index in [1.165, 1.54) is 11.1 Å². The molecule has 86 valence electrons.